The number of hydrogen-bond acceptors (Lipinski definition) is 4. The van der Waals surface area contributed by atoms with Gasteiger partial charge in [-0.2, -0.15) is 0 Å². The molecule has 5 rings (SSSR count). The van der Waals surface area contributed by atoms with Crippen molar-refractivity contribution in [1.29, 1.82) is 0 Å². The first-order valence-corrected chi connectivity index (χ1v) is 11.7. The first-order chi connectivity index (χ1) is 18.0. The Morgan fingerprint density at radius 3 is 1.86 bits per heavy atom. The molecule has 0 saturated heterocycles. The zero-order valence-electron chi connectivity index (χ0n) is 19.8. The number of nitrogens with one attached hydrogen (secondary N) is 1. The highest BCUT2D eigenvalue weighted by Crippen LogP contribution is 2.24. The normalized spacial score (nSPS) is 12.6. The highest BCUT2D eigenvalue weighted by atomic mass is 16.2. The van der Waals surface area contributed by atoms with Gasteiger partial charge in [-0.15, -0.1) is 0 Å². The number of anilines is 1. The standard InChI is InChI=1S/C31H22N2O4/c34-28(19-12-21-6-2-1-3-7-21)23-15-17-25(18-16-23)32-29(35)24-13-10-22(11-14-24)20-33-30(36)26-8-4-5-9-27(26)31(33)37/h1-19H,20H2,(H,32,35)/b19-12+. The summed E-state index contributed by atoms with van der Waals surface area (Å²) >= 11 is 0. The molecule has 6 nitrogen and oxygen atoms in total. The van der Waals surface area contributed by atoms with Crippen LogP contribution in [0.4, 0.5) is 5.69 Å². The summed E-state index contributed by atoms with van der Waals surface area (Å²) in [7, 11) is 0. The van der Waals surface area contributed by atoms with Gasteiger partial charge in [0.15, 0.2) is 5.78 Å². The SMILES string of the molecule is O=C(/C=C/c1ccccc1)c1ccc(NC(=O)c2ccc(CN3C(=O)c4ccccc4C3=O)cc2)cc1. The van der Waals surface area contributed by atoms with Gasteiger partial charge in [0.05, 0.1) is 17.7 Å². The maximum Gasteiger partial charge on any atom is 0.261 e. The van der Waals surface area contributed by atoms with Crippen LogP contribution in [-0.4, -0.2) is 28.4 Å². The highest BCUT2D eigenvalue weighted by molar-refractivity contribution is 6.21. The number of carbonyl (C=O) groups excluding carboxylic acids is 4. The van der Waals surface area contributed by atoms with E-state index in [2.05, 4.69) is 5.32 Å². The number of rotatable bonds is 7. The molecule has 0 bridgehead atoms. The van der Waals surface area contributed by atoms with Gasteiger partial charge in [0, 0.05) is 16.8 Å². The van der Waals surface area contributed by atoms with Crippen molar-refractivity contribution in [1.82, 2.24) is 4.90 Å². The third kappa shape index (κ3) is 5.13. The largest absolute Gasteiger partial charge is 0.322 e. The molecule has 1 N–H and O–H groups in total. The summed E-state index contributed by atoms with van der Waals surface area (Å²) in [6.45, 7) is 0.127. The van der Waals surface area contributed by atoms with E-state index in [1.54, 1.807) is 78.9 Å². The van der Waals surface area contributed by atoms with Gasteiger partial charge in [-0.25, -0.2) is 0 Å². The fraction of sp³-hybridized carbons (Fsp3) is 0.0323. The van der Waals surface area contributed by atoms with Crippen LogP contribution >= 0.6 is 0 Å². The molecule has 0 aliphatic carbocycles. The molecular formula is C31H22N2O4. The molecule has 1 aliphatic rings. The van der Waals surface area contributed by atoms with Gasteiger partial charge in [-0.3, -0.25) is 24.1 Å². The van der Waals surface area contributed by atoms with Crippen LogP contribution in [0.15, 0.2) is 109 Å². The monoisotopic (exact) mass is 486 g/mol. The van der Waals surface area contributed by atoms with Gasteiger partial charge >= 0.3 is 0 Å². The number of ketones is 1. The number of hydrogen-bond donors (Lipinski definition) is 1. The number of allylic oxidation sites excluding steroid dienone is 1. The van der Waals surface area contributed by atoms with Crippen molar-refractivity contribution in [2.24, 2.45) is 0 Å². The molecule has 0 unspecified atom stereocenters. The lowest BCUT2D eigenvalue weighted by molar-refractivity contribution is 0.0641. The fourth-order valence-corrected chi connectivity index (χ4v) is 4.08. The molecule has 3 amide bonds. The smallest absolute Gasteiger partial charge is 0.261 e. The highest BCUT2D eigenvalue weighted by Gasteiger charge is 2.34. The third-order valence-electron chi connectivity index (χ3n) is 6.09. The Labute approximate surface area is 213 Å². The first kappa shape index (κ1) is 23.6. The summed E-state index contributed by atoms with van der Waals surface area (Å²) in [6, 6.07) is 29.7. The van der Waals surface area contributed by atoms with Crippen molar-refractivity contribution in [2.45, 2.75) is 6.54 Å². The molecule has 1 heterocycles. The topological polar surface area (TPSA) is 83.6 Å². The van der Waals surface area contributed by atoms with Crippen LogP contribution in [0.5, 0.6) is 0 Å². The predicted molar refractivity (Wildman–Crippen MR) is 141 cm³/mol. The lowest BCUT2D eigenvalue weighted by atomic mass is 10.1. The minimum absolute atomic E-state index is 0.127. The quantitative estimate of drug-likeness (QED) is 0.208. The van der Waals surface area contributed by atoms with Gasteiger partial charge in [0.1, 0.15) is 0 Å². The second kappa shape index (κ2) is 10.3. The van der Waals surface area contributed by atoms with E-state index in [1.165, 1.54) is 11.0 Å². The van der Waals surface area contributed by atoms with E-state index in [-0.39, 0.29) is 30.0 Å². The minimum atomic E-state index is -0.320. The van der Waals surface area contributed by atoms with Gasteiger partial charge < -0.3 is 5.32 Å². The number of benzene rings is 4. The molecule has 0 radical (unpaired) electrons. The van der Waals surface area contributed by atoms with Crippen molar-refractivity contribution in [3.63, 3.8) is 0 Å². The summed E-state index contributed by atoms with van der Waals surface area (Å²) in [5.41, 5.74) is 3.99. The van der Waals surface area contributed by atoms with Crippen molar-refractivity contribution in [3.05, 3.63) is 143 Å². The van der Waals surface area contributed by atoms with Crippen molar-refractivity contribution in [2.75, 3.05) is 5.32 Å². The Kier molecular flexibility index (Phi) is 6.55. The second-order valence-corrected chi connectivity index (χ2v) is 8.58. The Hall–Kier alpha value is -5.10. The predicted octanol–water partition coefficient (Wildman–Crippen LogP) is 5.63. The van der Waals surface area contributed by atoms with E-state index in [4.69, 9.17) is 0 Å². The van der Waals surface area contributed by atoms with E-state index >= 15 is 0 Å². The van der Waals surface area contributed by atoms with Crippen LogP contribution in [0.25, 0.3) is 6.08 Å². The molecule has 4 aromatic rings. The van der Waals surface area contributed by atoms with Crippen LogP contribution < -0.4 is 5.32 Å². The lowest BCUT2D eigenvalue weighted by Crippen LogP contribution is -2.29. The Balaban J connectivity index is 1.19. The number of imide groups is 1. The van der Waals surface area contributed by atoms with Gasteiger partial charge in [-0.05, 0) is 65.7 Å². The average Bonchev–Trinajstić information content (AvgIpc) is 3.18. The molecule has 1 aliphatic heterocycles. The number of carbonyl (C=O) groups is 4. The lowest BCUT2D eigenvalue weighted by Gasteiger charge is -2.14. The molecule has 0 atom stereocenters. The van der Waals surface area contributed by atoms with E-state index in [0.717, 1.165) is 11.1 Å². The van der Waals surface area contributed by atoms with Crippen LogP contribution in [0.2, 0.25) is 0 Å². The molecule has 180 valence electrons. The van der Waals surface area contributed by atoms with Crippen molar-refractivity contribution < 1.29 is 19.2 Å². The van der Waals surface area contributed by atoms with E-state index in [1.807, 2.05) is 30.3 Å². The van der Waals surface area contributed by atoms with E-state index < -0.39 is 0 Å². The van der Waals surface area contributed by atoms with Crippen LogP contribution in [0.3, 0.4) is 0 Å². The summed E-state index contributed by atoms with van der Waals surface area (Å²) in [5.74, 6) is -1.08. The van der Waals surface area contributed by atoms with Crippen molar-refractivity contribution >= 4 is 35.3 Å². The van der Waals surface area contributed by atoms with Gasteiger partial charge in [0.25, 0.3) is 17.7 Å². The summed E-state index contributed by atoms with van der Waals surface area (Å²) in [5, 5.41) is 2.81. The zero-order valence-corrected chi connectivity index (χ0v) is 19.8. The molecular weight excluding hydrogens is 464 g/mol. The maximum atomic E-state index is 12.7. The summed E-state index contributed by atoms with van der Waals surface area (Å²) in [4.78, 5) is 51.5. The average molecular weight is 487 g/mol. The Morgan fingerprint density at radius 2 is 1.24 bits per heavy atom. The van der Waals surface area contributed by atoms with Crippen LogP contribution in [0, 0.1) is 0 Å². The molecule has 0 saturated carbocycles. The fourth-order valence-electron chi connectivity index (χ4n) is 4.08. The van der Waals surface area contributed by atoms with Gasteiger partial charge in [0.2, 0.25) is 0 Å². The first-order valence-electron chi connectivity index (χ1n) is 11.7. The second-order valence-electron chi connectivity index (χ2n) is 8.58. The molecule has 0 fully saturated rings. The number of nitrogens with zero attached hydrogens (tertiary/aromatic N) is 1. The van der Waals surface area contributed by atoms with E-state index in [0.29, 0.717) is 27.9 Å². The van der Waals surface area contributed by atoms with Gasteiger partial charge in [-0.1, -0.05) is 60.7 Å². The summed E-state index contributed by atoms with van der Waals surface area (Å²) < 4.78 is 0. The molecule has 4 aromatic carbocycles. The number of fused-ring (bicyclic) bond motifs is 1. The molecule has 0 spiro atoms. The van der Waals surface area contributed by atoms with E-state index in [9.17, 15) is 19.2 Å². The molecule has 0 aromatic heterocycles. The molecule has 37 heavy (non-hydrogen) atoms. The van der Waals surface area contributed by atoms with Crippen molar-refractivity contribution in [3.8, 4) is 0 Å². The minimum Gasteiger partial charge on any atom is -0.322 e. The Morgan fingerprint density at radius 1 is 0.676 bits per heavy atom. The summed E-state index contributed by atoms with van der Waals surface area (Å²) in [6.07, 6.45) is 3.28. The third-order valence-corrected chi connectivity index (χ3v) is 6.09. The van der Waals surface area contributed by atoms with Crippen LogP contribution in [0.1, 0.15) is 52.6 Å². The Bertz CT molecular complexity index is 1490. The maximum absolute atomic E-state index is 12.7. The molecule has 6 heteroatoms. The zero-order chi connectivity index (χ0) is 25.8. The number of amides is 3. The van der Waals surface area contributed by atoms with Crippen LogP contribution in [-0.2, 0) is 6.54 Å².